The molecule has 1 aliphatic rings. The van der Waals surface area contributed by atoms with Crippen molar-refractivity contribution in [2.75, 3.05) is 5.32 Å². The normalized spacial score (nSPS) is 16.4. The molecule has 114 valence electrons. The number of nitrogens with one attached hydrogen (secondary N) is 1. The number of rotatable bonds is 2. The van der Waals surface area contributed by atoms with E-state index in [-0.39, 0.29) is 6.04 Å². The molecule has 0 saturated heterocycles. The lowest BCUT2D eigenvalue weighted by Gasteiger charge is -2.24. The van der Waals surface area contributed by atoms with E-state index in [1.165, 1.54) is 6.33 Å². The second-order valence-electron chi connectivity index (χ2n) is 5.22. The molecule has 0 amide bonds. The predicted molar refractivity (Wildman–Crippen MR) is 92.7 cm³/mol. The number of halogens is 2. The lowest BCUT2D eigenvalue weighted by atomic mass is 10.0. The molecule has 0 spiro atoms. The number of aromatic nitrogens is 3. The molecule has 0 bridgehead atoms. The van der Waals surface area contributed by atoms with Crippen LogP contribution < -0.4 is 5.32 Å². The van der Waals surface area contributed by atoms with Crippen LogP contribution in [0.2, 0.25) is 10.0 Å². The number of allylic oxidation sites excluding steroid dienone is 1. The van der Waals surface area contributed by atoms with Crippen molar-refractivity contribution >= 4 is 34.8 Å². The van der Waals surface area contributed by atoms with E-state index in [1.54, 1.807) is 6.07 Å². The Bertz CT molecular complexity index is 887. The summed E-state index contributed by atoms with van der Waals surface area (Å²) in [6.07, 6.45) is 3.64. The van der Waals surface area contributed by atoms with Crippen LogP contribution in [0.1, 0.15) is 17.2 Å². The van der Waals surface area contributed by atoms with Crippen LogP contribution >= 0.6 is 23.2 Å². The fraction of sp³-hybridized carbons (Fsp3) is 0.0588. The molecule has 6 heteroatoms. The smallest absolute Gasteiger partial charge is 0.226 e. The zero-order valence-electron chi connectivity index (χ0n) is 11.9. The highest BCUT2D eigenvalue weighted by Crippen LogP contribution is 2.34. The van der Waals surface area contributed by atoms with Gasteiger partial charge in [-0.25, -0.2) is 4.68 Å². The Balaban J connectivity index is 1.83. The van der Waals surface area contributed by atoms with Gasteiger partial charge in [0.1, 0.15) is 12.4 Å². The summed E-state index contributed by atoms with van der Waals surface area (Å²) in [7, 11) is 0. The molecule has 1 aromatic heterocycles. The van der Waals surface area contributed by atoms with Gasteiger partial charge in [0.2, 0.25) is 5.95 Å². The maximum atomic E-state index is 6.17. The SMILES string of the molecule is Clc1ccc([C@H]2C=C(c3ccccc3)Nc3ncnn32)cc1Cl. The highest BCUT2D eigenvalue weighted by atomic mass is 35.5. The summed E-state index contributed by atoms with van der Waals surface area (Å²) >= 11 is 12.2. The molecule has 1 aliphatic heterocycles. The molecule has 1 N–H and O–H groups in total. The van der Waals surface area contributed by atoms with Crippen LogP contribution in [0.5, 0.6) is 0 Å². The molecule has 2 heterocycles. The summed E-state index contributed by atoms with van der Waals surface area (Å²) in [5.74, 6) is 0.697. The van der Waals surface area contributed by atoms with Gasteiger partial charge in [0.25, 0.3) is 0 Å². The molecular weight excluding hydrogens is 331 g/mol. The zero-order valence-corrected chi connectivity index (χ0v) is 13.5. The van der Waals surface area contributed by atoms with E-state index in [0.717, 1.165) is 16.8 Å². The Kier molecular flexibility index (Phi) is 3.56. The summed E-state index contributed by atoms with van der Waals surface area (Å²) in [5, 5.41) is 8.69. The molecular formula is C17H12Cl2N4. The van der Waals surface area contributed by atoms with Gasteiger partial charge in [-0.05, 0) is 29.3 Å². The molecule has 1 atom stereocenters. The van der Waals surface area contributed by atoms with E-state index in [0.29, 0.717) is 16.0 Å². The van der Waals surface area contributed by atoms with E-state index >= 15 is 0 Å². The maximum absolute atomic E-state index is 6.17. The van der Waals surface area contributed by atoms with Crippen molar-refractivity contribution in [2.24, 2.45) is 0 Å². The van der Waals surface area contributed by atoms with Gasteiger partial charge in [-0.2, -0.15) is 10.1 Å². The number of hydrogen-bond donors (Lipinski definition) is 1. The predicted octanol–water partition coefficient (Wildman–Crippen LogP) is 4.64. The highest BCUT2D eigenvalue weighted by molar-refractivity contribution is 6.42. The Morgan fingerprint density at radius 1 is 1.00 bits per heavy atom. The van der Waals surface area contributed by atoms with Crippen LogP contribution in [0.4, 0.5) is 5.95 Å². The van der Waals surface area contributed by atoms with Crippen LogP contribution in [-0.4, -0.2) is 14.8 Å². The van der Waals surface area contributed by atoms with Crippen molar-refractivity contribution in [1.29, 1.82) is 0 Å². The Morgan fingerprint density at radius 3 is 2.61 bits per heavy atom. The van der Waals surface area contributed by atoms with Crippen molar-refractivity contribution in [3.63, 3.8) is 0 Å². The minimum atomic E-state index is -0.0984. The number of nitrogens with zero attached hydrogens (tertiary/aromatic N) is 3. The van der Waals surface area contributed by atoms with Crippen LogP contribution in [0, 0.1) is 0 Å². The van der Waals surface area contributed by atoms with E-state index in [2.05, 4.69) is 33.6 Å². The third kappa shape index (κ3) is 2.60. The molecule has 0 unspecified atom stereocenters. The fourth-order valence-electron chi connectivity index (χ4n) is 2.65. The molecule has 0 radical (unpaired) electrons. The molecule has 0 saturated carbocycles. The molecule has 2 aromatic carbocycles. The van der Waals surface area contributed by atoms with Gasteiger partial charge in [0.15, 0.2) is 0 Å². The van der Waals surface area contributed by atoms with E-state index in [4.69, 9.17) is 23.2 Å². The Labute approximate surface area is 143 Å². The molecule has 3 aromatic rings. The van der Waals surface area contributed by atoms with Gasteiger partial charge in [0.05, 0.1) is 10.0 Å². The van der Waals surface area contributed by atoms with Crippen molar-refractivity contribution in [2.45, 2.75) is 6.04 Å². The number of hydrogen-bond acceptors (Lipinski definition) is 3. The second-order valence-corrected chi connectivity index (χ2v) is 6.03. The van der Waals surface area contributed by atoms with E-state index in [9.17, 15) is 0 Å². The lowest BCUT2D eigenvalue weighted by Crippen LogP contribution is -2.20. The number of anilines is 1. The Morgan fingerprint density at radius 2 is 1.83 bits per heavy atom. The summed E-state index contributed by atoms with van der Waals surface area (Å²) in [6.45, 7) is 0. The molecule has 0 aliphatic carbocycles. The van der Waals surface area contributed by atoms with Gasteiger partial charge in [-0.1, -0.05) is 59.6 Å². The number of benzene rings is 2. The van der Waals surface area contributed by atoms with Gasteiger partial charge >= 0.3 is 0 Å². The lowest BCUT2D eigenvalue weighted by molar-refractivity contribution is 0.612. The number of fused-ring (bicyclic) bond motifs is 1. The van der Waals surface area contributed by atoms with Crippen LogP contribution in [0.3, 0.4) is 0 Å². The summed E-state index contributed by atoms with van der Waals surface area (Å²) < 4.78 is 1.83. The summed E-state index contributed by atoms with van der Waals surface area (Å²) in [6, 6.07) is 15.6. The highest BCUT2D eigenvalue weighted by Gasteiger charge is 2.23. The first-order chi connectivity index (χ1) is 11.2. The standard InChI is InChI=1S/C17H12Cl2N4/c18-13-7-6-12(8-14(13)19)16-9-15(11-4-2-1-3-5-11)22-17-20-10-21-23(16)17/h1-10,16H,(H,20,21,22)/t16-/m1/s1. The largest absolute Gasteiger partial charge is 0.324 e. The summed E-state index contributed by atoms with van der Waals surface area (Å²) in [5.41, 5.74) is 3.08. The molecule has 4 rings (SSSR count). The van der Waals surface area contributed by atoms with Crippen molar-refractivity contribution in [1.82, 2.24) is 14.8 Å². The first kappa shape index (κ1) is 14.3. The molecule has 0 fully saturated rings. The van der Waals surface area contributed by atoms with Crippen LogP contribution in [-0.2, 0) is 0 Å². The first-order valence-electron chi connectivity index (χ1n) is 7.11. The van der Waals surface area contributed by atoms with E-state index in [1.807, 2.05) is 35.0 Å². The van der Waals surface area contributed by atoms with Crippen molar-refractivity contribution < 1.29 is 0 Å². The monoisotopic (exact) mass is 342 g/mol. The van der Waals surface area contributed by atoms with Gasteiger partial charge in [0, 0.05) is 5.70 Å². The maximum Gasteiger partial charge on any atom is 0.226 e. The van der Waals surface area contributed by atoms with Crippen molar-refractivity contribution in [3.05, 3.63) is 82.1 Å². The fourth-order valence-corrected chi connectivity index (χ4v) is 2.96. The van der Waals surface area contributed by atoms with Crippen molar-refractivity contribution in [3.8, 4) is 0 Å². The van der Waals surface area contributed by atoms with Gasteiger partial charge < -0.3 is 5.32 Å². The minimum absolute atomic E-state index is 0.0984. The second kappa shape index (κ2) is 5.72. The van der Waals surface area contributed by atoms with E-state index < -0.39 is 0 Å². The third-order valence-corrected chi connectivity index (χ3v) is 4.52. The first-order valence-corrected chi connectivity index (χ1v) is 7.87. The Hall–Kier alpha value is -2.30. The minimum Gasteiger partial charge on any atom is -0.324 e. The van der Waals surface area contributed by atoms with Gasteiger partial charge in [-0.3, -0.25) is 0 Å². The quantitative estimate of drug-likeness (QED) is 0.737. The zero-order chi connectivity index (χ0) is 15.8. The average molecular weight is 343 g/mol. The van der Waals surface area contributed by atoms with Gasteiger partial charge in [-0.15, -0.1) is 0 Å². The average Bonchev–Trinajstić information content (AvgIpc) is 3.06. The topological polar surface area (TPSA) is 42.7 Å². The molecule has 4 nitrogen and oxygen atoms in total. The van der Waals surface area contributed by atoms with Crippen LogP contribution in [0.25, 0.3) is 5.70 Å². The van der Waals surface area contributed by atoms with Crippen LogP contribution in [0.15, 0.2) is 60.9 Å². The molecule has 23 heavy (non-hydrogen) atoms. The summed E-state index contributed by atoms with van der Waals surface area (Å²) in [4.78, 5) is 4.29. The third-order valence-electron chi connectivity index (χ3n) is 3.78.